The average molecular weight is 142 g/mol. The van der Waals surface area contributed by atoms with Crippen molar-refractivity contribution >= 4 is 9.52 Å². The highest BCUT2D eigenvalue weighted by atomic mass is 28.2. The third-order valence-corrected chi connectivity index (χ3v) is 3.64. The zero-order valence-electron chi connectivity index (χ0n) is 7.02. The Morgan fingerprint density at radius 2 is 1.22 bits per heavy atom. The summed E-state index contributed by atoms with van der Waals surface area (Å²) in [6.45, 7) is 9.00. The maximum absolute atomic E-state index is 2.47. The van der Waals surface area contributed by atoms with Gasteiger partial charge in [-0.05, 0) is 23.9 Å². The van der Waals surface area contributed by atoms with E-state index in [1.54, 1.807) is 0 Å². The van der Waals surface area contributed by atoms with E-state index in [1.165, 1.54) is 0 Å². The molecule has 0 saturated heterocycles. The standard InChI is InChI=1S/C8H18Si/c1-7(2)5-9-6-8(3)4/h5-8H,9H2,1-4H3. The summed E-state index contributed by atoms with van der Waals surface area (Å²) in [6, 6.07) is 4.94. The zero-order valence-corrected chi connectivity index (χ0v) is 8.43. The van der Waals surface area contributed by atoms with Gasteiger partial charge in [0.05, 0.1) is 0 Å². The van der Waals surface area contributed by atoms with Gasteiger partial charge in [-0.25, -0.2) is 0 Å². The van der Waals surface area contributed by atoms with Crippen molar-refractivity contribution in [3.05, 3.63) is 12.1 Å². The third kappa shape index (κ3) is 8.22. The van der Waals surface area contributed by atoms with Gasteiger partial charge in [-0.1, -0.05) is 27.7 Å². The molecule has 0 spiro atoms. The third-order valence-electron chi connectivity index (χ3n) is 1.21. The predicted molar refractivity (Wildman–Crippen MR) is 46.8 cm³/mol. The van der Waals surface area contributed by atoms with Crippen LogP contribution in [0.25, 0.3) is 0 Å². The Labute approximate surface area is 61.9 Å². The second-order valence-electron chi connectivity index (χ2n) is 3.20. The fraction of sp³-hybridized carbons (Fsp3) is 0.750. The highest BCUT2D eigenvalue weighted by Crippen LogP contribution is 2.01. The Bertz CT molecular complexity index is 49.6. The first-order valence-corrected chi connectivity index (χ1v) is 5.43. The molecule has 0 atom stereocenters. The van der Waals surface area contributed by atoms with E-state index in [0.29, 0.717) is 0 Å². The molecule has 0 fully saturated rings. The maximum Gasteiger partial charge on any atom is 0.0270 e. The van der Waals surface area contributed by atoms with Crippen LogP contribution in [0.2, 0.25) is 0 Å². The zero-order chi connectivity index (χ0) is 7.28. The molecule has 0 amide bonds. The van der Waals surface area contributed by atoms with Crippen molar-refractivity contribution in [1.82, 2.24) is 0 Å². The average Bonchev–Trinajstić information content (AvgIpc) is 1.63. The van der Waals surface area contributed by atoms with Crippen LogP contribution < -0.4 is 0 Å². The molecule has 0 aliphatic carbocycles. The predicted octanol–water partition coefficient (Wildman–Crippen LogP) is 1.79. The molecule has 0 rings (SSSR count). The van der Waals surface area contributed by atoms with Gasteiger partial charge in [-0.3, -0.25) is 0 Å². The second-order valence-corrected chi connectivity index (χ2v) is 4.61. The summed E-state index contributed by atoms with van der Waals surface area (Å²) >= 11 is 0. The summed E-state index contributed by atoms with van der Waals surface area (Å²) in [4.78, 5) is 0. The summed E-state index contributed by atoms with van der Waals surface area (Å²) < 4.78 is 0. The van der Waals surface area contributed by atoms with Crippen LogP contribution in [0.15, 0.2) is 0 Å². The minimum Gasteiger partial charge on any atom is -0.0628 e. The van der Waals surface area contributed by atoms with E-state index in [1.807, 2.05) is 0 Å². The Kier molecular flexibility index (Phi) is 5.16. The SMILES string of the molecule is CC(C)[CH][SiH2][CH]C(C)C. The van der Waals surface area contributed by atoms with Crippen LogP contribution in [0, 0.1) is 23.9 Å². The first-order chi connectivity index (χ1) is 4.13. The lowest BCUT2D eigenvalue weighted by atomic mass is 10.3. The quantitative estimate of drug-likeness (QED) is 0.525. The van der Waals surface area contributed by atoms with Gasteiger partial charge in [0.1, 0.15) is 0 Å². The van der Waals surface area contributed by atoms with Gasteiger partial charge < -0.3 is 0 Å². The fourth-order valence-electron chi connectivity index (χ4n) is 0.623. The lowest BCUT2D eigenvalue weighted by Gasteiger charge is -2.04. The normalized spacial score (nSPS) is 11.3. The van der Waals surface area contributed by atoms with Gasteiger partial charge in [-0.2, -0.15) is 0 Å². The lowest BCUT2D eigenvalue weighted by Crippen LogP contribution is -2.03. The molecule has 0 aromatic carbocycles. The number of hydrogen-bond acceptors (Lipinski definition) is 0. The molecule has 0 saturated carbocycles. The maximum atomic E-state index is 2.47. The molecule has 0 aliphatic heterocycles. The highest BCUT2D eigenvalue weighted by Gasteiger charge is 1.97. The molecule has 2 radical (unpaired) electrons. The Balaban J connectivity index is 2.91. The molecule has 0 unspecified atom stereocenters. The van der Waals surface area contributed by atoms with Crippen LogP contribution >= 0.6 is 0 Å². The molecule has 0 aliphatic rings. The van der Waals surface area contributed by atoms with Gasteiger partial charge in [0, 0.05) is 9.52 Å². The van der Waals surface area contributed by atoms with E-state index >= 15 is 0 Å². The molecule has 0 aromatic heterocycles. The summed E-state index contributed by atoms with van der Waals surface area (Å²) in [7, 11) is 0.0664. The van der Waals surface area contributed by atoms with Crippen molar-refractivity contribution in [1.29, 1.82) is 0 Å². The Hall–Kier alpha value is 0.217. The lowest BCUT2D eigenvalue weighted by molar-refractivity contribution is 0.785. The van der Waals surface area contributed by atoms with Crippen molar-refractivity contribution in [3.63, 3.8) is 0 Å². The van der Waals surface area contributed by atoms with E-state index in [-0.39, 0.29) is 9.52 Å². The number of rotatable bonds is 4. The van der Waals surface area contributed by atoms with Crippen LogP contribution in [0.1, 0.15) is 27.7 Å². The van der Waals surface area contributed by atoms with E-state index < -0.39 is 0 Å². The Morgan fingerprint density at radius 1 is 0.889 bits per heavy atom. The van der Waals surface area contributed by atoms with Crippen LogP contribution in [0.5, 0.6) is 0 Å². The molecule has 0 nitrogen and oxygen atoms in total. The topological polar surface area (TPSA) is 0 Å². The van der Waals surface area contributed by atoms with Gasteiger partial charge >= 0.3 is 0 Å². The molecule has 1 heteroatoms. The van der Waals surface area contributed by atoms with E-state index in [9.17, 15) is 0 Å². The van der Waals surface area contributed by atoms with Crippen LogP contribution in [0.3, 0.4) is 0 Å². The number of hydrogen-bond donors (Lipinski definition) is 0. The minimum absolute atomic E-state index is 0.0664. The second kappa shape index (κ2) is 5.04. The molecule has 0 heterocycles. The summed E-state index contributed by atoms with van der Waals surface area (Å²) in [5.41, 5.74) is 0. The van der Waals surface area contributed by atoms with E-state index in [2.05, 4.69) is 39.8 Å². The van der Waals surface area contributed by atoms with Gasteiger partial charge in [0.15, 0.2) is 0 Å². The minimum atomic E-state index is 0.0664. The molecular weight excluding hydrogens is 124 g/mol. The van der Waals surface area contributed by atoms with Gasteiger partial charge in [-0.15, -0.1) is 0 Å². The molecule has 0 aromatic rings. The molecule has 0 bridgehead atoms. The first-order valence-electron chi connectivity index (χ1n) is 3.79. The van der Waals surface area contributed by atoms with Crippen molar-refractivity contribution in [2.24, 2.45) is 11.8 Å². The van der Waals surface area contributed by atoms with Crippen molar-refractivity contribution in [2.75, 3.05) is 0 Å². The highest BCUT2D eigenvalue weighted by molar-refractivity contribution is 6.44. The summed E-state index contributed by atoms with van der Waals surface area (Å²) in [5.74, 6) is 1.60. The van der Waals surface area contributed by atoms with Crippen molar-refractivity contribution in [2.45, 2.75) is 27.7 Å². The summed E-state index contributed by atoms with van der Waals surface area (Å²) in [5, 5.41) is 0. The van der Waals surface area contributed by atoms with E-state index in [4.69, 9.17) is 0 Å². The monoisotopic (exact) mass is 142 g/mol. The van der Waals surface area contributed by atoms with Crippen LogP contribution in [0.4, 0.5) is 0 Å². The molecule has 54 valence electrons. The smallest absolute Gasteiger partial charge is 0.0270 e. The van der Waals surface area contributed by atoms with Crippen LogP contribution in [-0.4, -0.2) is 9.52 Å². The summed E-state index contributed by atoms with van der Waals surface area (Å²) in [6.07, 6.45) is 0. The van der Waals surface area contributed by atoms with Crippen molar-refractivity contribution in [3.8, 4) is 0 Å². The van der Waals surface area contributed by atoms with Gasteiger partial charge in [0.25, 0.3) is 0 Å². The first kappa shape index (κ1) is 9.22. The fourth-order valence-corrected chi connectivity index (χ4v) is 1.87. The van der Waals surface area contributed by atoms with Gasteiger partial charge in [0.2, 0.25) is 0 Å². The Morgan fingerprint density at radius 3 is 1.44 bits per heavy atom. The molecule has 9 heavy (non-hydrogen) atoms. The largest absolute Gasteiger partial charge is 0.0628 e. The van der Waals surface area contributed by atoms with Crippen LogP contribution in [-0.2, 0) is 0 Å². The molecule has 0 N–H and O–H groups in total. The van der Waals surface area contributed by atoms with Crippen molar-refractivity contribution < 1.29 is 0 Å². The van der Waals surface area contributed by atoms with E-state index in [0.717, 1.165) is 11.8 Å². The molecular formula is C8H18Si.